The van der Waals surface area contributed by atoms with Crippen LogP contribution in [0.4, 0.5) is 5.69 Å². The molecule has 3 aromatic carbocycles. The van der Waals surface area contributed by atoms with Crippen molar-refractivity contribution in [2.45, 2.75) is 86.1 Å². The van der Waals surface area contributed by atoms with Crippen LogP contribution in [0.3, 0.4) is 0 Å². The normalized spacial score (nSPS) is 18.7. The molecule has 6 N–H and O–H groups in total. The van der Waals surface area contributed by atoms with Crippen LogP contribution in [0.5, 0.6) is 0 Å². The Morgan fingerprint density at radius 3 is 2.41 bits per heavy atom. The zero-order chi connectivity index (χ0) is 35.1. The standard InChI is InChI=1S/C34H40ClN5O7S2/c1-21(32(41)40-17-5-8-28(40)34(44)45)37-26(33(42)43)15-13-23-9-11-24(12-10-23)20-36-49(46,47)30-19-29-27(18-25(30)35)38-31(39-48-29)16-14-22-6-3-2-4-7-22/h2-4,6-7,9-12,18-19,21,26,28,31,36-39H,5,8,13-17,20H2,1H3,(H,42,43)(H,44,45)/t21-,26?,28-,31-/m0/s1. The Hall–Kier alpha value is -3.66. The lowest BCUT2D eigenvalue weighted by Crippen LogP contribution is -2.53. The highest BCUT2D eigenvalue weighted by atomic mass is 35.5. The van der Waals surface area contributed by atoms with Crippen LogP contribution in [-0.2, 0) is 43.8 Å². The van der Waals surface area contributed by atoms with E-state index in [9.17, 15) is 33.0 Å². The number of likely N-dealkylation sites (tertiary alicyclic amines) is 1. The zero-order valence-corrected chi connectivity index (χ0v) is 29.3. The third-order valence-corrected chi connectivity index (χ3v) is 11.5. The van der Waals surface area contributed by atoms with Gasteiger partial charge >= 0.3 is 11.9 Å². The molecule has 12 nitrogen and oxygen atoms in total. The van der Waals surface area contributed by atoms with Crippen LogP contribution in [0.1, 0.15) is 49.3 Å². The summed E-state index contributed by atoms with van der Waals surface area (Å²) in [6, 6.07) is 17.7. The fraction of sp³-hybridized carbons (Fsp3) is 0.382. The second-order valence-corrected chi connectivity index (χ2v) is 15.2. The third-order valence-electron chi connectivity index (χ3n) is 8.68. The Morgan fingerprint density at radius 2 is 1.71 bits per heavy atom. The Kier molecular flexibility index (Phi) is 12.2. The molecule has 0 aromatic heterocycles. The van der Waals surface area contributed by atoms with Gasteiger partial charge in [0.25, 0.3) is 0 Å². The molecular formula is C34H40ClN5O7S2. The van der Waals surface area contributed by atoms with Gasteiger partial charge in [-0.2, -0.15) is 0 Å². The summed E-state index contributed by atoms with van der Waals surface area (Å²) in [4.78, 5) is 38.3. The van der Waals surface area contributed by atoms with Gasteiger partial charge in [0.1, 0.15) is 17.0 Å². The number of benzene rings is 3. The summed E-state index contributed by atoms with van der Waals surface area (Å²) in [7, 11) is -3.94. The number of amides is 1. The first-order valence-electron chi connectivity index (χ1n) is 16.1. The van der Waals surface area contributed by atoms with E-state index in [1.54, 1.807) is 43.3 Å². The number of carbonyl (C=O) groups is 3. The van der Waals surface area contributed by atoms with E-state index in [-0.39, 0.29) is 29.0 Å². The largest absolute Gasteiger partial charge is 0.480 e. The van der Waals surface area contributed by atoms with Crippen molar-refractivity contribution in [3.63, 3.8) is 0 Å². The van der Waals surface area contributed by atoms with E-state index in [1.807, 2.05) is 18.2 Å². The summed E-state index contributed by atoms with van der Waals surface area (Å²) >= 11 is 7.83. The van der Waals surface area contributed by atoms with Crippen LogP contribution >= 0.6 is 23.5 Å². The van der Waals surface area contributed by atoms with Gasteiger partial charge in [0, 0.05) is 18.0 Å². The minimum atomic E-state index is -3.94. The van der Waals surface area contributed by atoms with E-state index >= 15 is 0 Å². The number of aliphatic carboxylic acids is 2. The van der Waals surface area contributed by atoms with Gasteiger partial charge in [0.2, 0.25) is 15.9 Å². The average molecular weight is 730 g/mol. The summed E-state index contributed by atoms with van der Waals surface area (Å²) in [5, 5.41) is 25.5. The molecule has 2 heterocycles. The molecule has 1 unspecified atom stereocenters. The number of sulfonamides is 1. The number of nitrogens with one attached hydrogen (secondary N) is 4. The molecule has 3 aromatic rings. The second kappa shape index (κ2) is 16.4. The summed E-state index contributed by atoms with van der Waals surface area (Å²) in [6.07, 6.45) is 3.24. The molecule has 0 aliphatic carbocycles. The van der Waals surface area contributed by atoms with Gasteiger partial charge < -0.3 is 20.4 Å². The van der Waals surface area contributed by atoms with Gasteiger partial charge in [-0.05, 0) is 86.2 Å². The predicted molar refractivity (Wildman–Crippen MR) is 188 cm³/mol. The molecule has 2 aliphatic rings. The Morgan fingerprint density at radius 1 is 1.02 bits per heavy atom. The van der Waals surface area contributed by atoms with Gasteiger partial charge in [-0.15, -0.1) is 0 Å². The summed E-state index contributed by atoms with van der Waals surface area (Å²) in [6.45, 7) is 1.89. The lowest BCUT2D eigenvalue weighted by molar-refractivity contribution is -0.149. The van der Waals surface area contributed by atoms with Crippen molar-refractivity contribution in [3.05, 3.63) is 88.4 Å². The van der Waals surface area contributed by atoms with E-state index in [1.165, 1.54) is 22.4 Å². The minimum Gasteiger partial charge on any atom is -0.480 e. The highest BCUT2D eigenvalue weighted by Crippen LogP contribution is 2.37. The SMILES string of the molecule is C[C@H](NC(CCc1ccc(CNS(=O)(=O)c2cc3c(cc2Cl)N[C@H](CCc2ccccc2)NS3)cc1)C(=O)O)C(=O)N1CCC[C@H]1C(=O)O. The van der Waals surface area contributed by atoms with Gasteiger partial charge in [-0.1, -0.05) is 66.2 Å². The zero-order valence-electron chi connectivity index (χ0n) is 26.9. The van der Waals surface area contributed by atoms with Crippen molar-refractivity contribution in [1.29, 1.82) is 0 Å². The lowest BCUT2D eigenvalue weighted by atomic mass is 10.0. The quantitative estimate of drug-likeness (QED) is 0.123. The van der Waals surface area contributed by atoms with Crippen molar-refractivity contribution < 1.29 is 33.0 Å². The number of anilines is 1. The first kappa shape index (κ1) is 36.6. The molecule has 5 rings (SSSR count). The summed E-state index contributed by atoms with van der Waals surface area (Å²) in [5.74, 6) is -2.62. The minimum absolute atomic E-state index is 0.00952. The van der Waals surface area contributed by atoms with Crippen LogP contribution in [0.25, 0.3) is 0 Å². The molecule has 0 spiro atoms. The Bertz CT molecular complexity index is 1760. The first-order valence-corrected chi connectivity index (χ1v) is 18.7. The van der Waals surface area contributed by atoms with Gasteiger partial charge in [-0.25, -0.2) is 22.7 Å². The van der Waals surface area contributed by atoms with Crippen molar-refractivity contribution in [2.75, 3.05) is 11.9 Å². The van der Waals surface area contributed by atoms with Crippen molar-refractivity contribution >= 4 is 57.1 Å². The maximum Gasteiger partial charge on any atom is 0.326 e. The summed E-state index contributed by atoms with van der Waals surface area (Å²) < 4.78 is 32.5. The average Bonchev–Trinajstić information content (AvgIpc) is 3.59. The van der Waals surface area contributed by atoms with Crippen LogP contribution in [0.15, 0.2) is 76.5 Å². The van der Waals surface area contributed by atoms with Crippen molar-refractivity contribution in [3.8, 4) is 0 Å². The Balaban J connectivity index is 1.12. The van der Waals surface area contributed by atoms with Crippen LogP contribution < -0.4 is 20.1 Å². The van der Waals surface area contributed by atoms with E-state index in [2.05, 4.69) is 32.2 Å². The number of halogens is 1. The van der Waals surface area contributed by atoms with E-state index in [0.29, 0.717) is 31.4 Å². The molecule has 1 fully saturated rings. The van der Waals surface area contributed by atoms with Crippen molar-refractivity contribution in [2.24, 2.45) is 0 Å². The third kappa shape index (κ3) is 9.53. The maximum atomic E-state index is 13.3. The molecule has 4 atom stereocenters. The molecule has 0 bridgehead atoms. The first-order chi connectivity index (χ1) is 23.4. The number of rotatable bonds is 15. The Labute approximate surface area is 295 Å². The molecule has 0 radical (unpaired) electrons. The molecule has 49 heavy (non-hydrogen) atoms. The summed E-state index contributed by atoms with van der Waals surface area (Å²) in [5.41, 5.74) is 3.53. The fourth-order valence-corrected chi connectivity index (χ4v) is 8.45. The number of aryl methyl sites for hydroxylation is 2. The topological polar surface area (TPSA) is 177 Å². The van der Waals surface area contributed by atoms with E-state index < -0.39 is 46.0 Å². The molecular weight excluding hydrogens is 690 g/mol. The number of fused-ring (bicyclic) bond motifs is 1. The number of carboxylic acids is 2. The highest BCUT2D eigenvalue weighted by Gasteiger charge is 2.37. The molecule has 262 valence electrons. The number of hydrogen-bond acceptors (Lipinski definition) is 9. The van der Waals surface area contributed by atoms with Gasteiger partial charge in [0.05, 0.1) is 22.9 Å². The number of nitrogens with zero attached hydrogens (tertiary/aromatic N) is 1. The fourth-order valence-electron chi connectivity index (χ4n) is 5.95. The van der Waals surface area contributed by atoms with Crippen LogP contribution in [0, 0.1) is 0 Å². The molecule has 0 saturated carbocycles. The number of hydrogen-bond donors (Lipinski definition) is 6. The molecule has 1 amide bonds. The smallest absolute Gasteiger partial charge is 0.326 e. The van der Waals surface area contributed by atoms with Crippen LogP contribution in [-0.4, -0.2) is 72.2 Å². The predicted octanol–water partition coefficient (Wildman–Crippen LogP) is 4.24. The van der Waals surface area contributed by atoms with E-state index in [4.69, 9.17) is 11.6 Å². The monoisotopic (exact) mass is 729 g/mol. The second-order valence-electron chi connectivity index (χ2n) is 12.2. The number of carboxylic acid groups (broad SMARTS) is 2. The lowest BCUT2D eigenvalue weighted by Gasteiger charge is -2.28. The van der Waals surface area contributed by atoms with E-state index in [0.717, 1.165) is 29.0 Å². The van der Waals surface area contributed by atoms with Gasteiger partial charge in [-0.3, -0.25) is 14.9 Å². The van der Waals surface area contributed by atoms with Gasteiger partial charge in [0.15, 0.2) is 0 Å². The van der Waals surface area contributed by atoms with Crippen LogP contribution in [0.2, 0.25) is 5.02 Å². The number of carbonyl (C=O) groups excluding carboxylic acids is 1. The van der Waals surface area contributed by atoms with Crippen molar-refractivity contribution in [1.82, 2.24) is 19.7 Å². The molecule has 2 aliphatic heterocycles. The molecule has 1 saturated heterocycles. The highest BCUT2D eigenvalue weighted by molar-refractivity contribution is 7.97. The molecule has 15 heteroatoms. The maximum absolute atomic E-state index is 13.3.